The number of aliphatic carboxylic acids is 1. The number of carboxylic acid groups (broad SMARTS) is 1. The minimum absolute atomic E-state index is 0.109. The number of carboxylic acids is 1. The topological polar surface area (TPSA) is 85.4 Å². The van der Waals surface area contributed by atoms with E-state index in [9.17, 15) is 18.0 Å². The maximum Gasteiger partial charge on any atom is 0.490 e. The first-order chi connectivity index (χ1) is 19.1. The van der Waals surface area contributed by atoms with Crippen molar-refractivity contribution in [2.45, 2.75) is 19.0 Å². The van der Waals surface area contributed by atoms with E-state index in [1.807, 2.05) is 65.3 Å². The van der Waals surface area contributed by atoms with Crippen LogP contribution in [0.5, 0.6) is 11.5 Å². The molecular weight excluding hydrogens is 551 g/mol. The van der Waals surface area contributed by atoms with Crippen molar-refractivity contribution in [3.05, 3.63) is 82.5 Å². The van der Waals surface area contributed by atoms with Crippen LogP contribution in [0.2, 0.25) is 5.02 Å². The van der Waals surface area contributed by atoms with Gasteiger partial charge in [-0.05, 0) is 61.8 Å². The molecule has 0 bridgehead atoms. The summed E-state index contributed by atoms with van der Waals surface area (Å²) >= 11 is 6.01. The Morgan fingerprint density at radius 2 is 1.68 bits per heavy atom. The molecular formula is C28H27ClF3N3O5. The van der Waals surface area contributed by atoms with Gasteiger partial charge in [0.05, 0.1) is 12.8 Å². The van der Waals surface area contributed by atoms with Crippen LogP contribution in [-0.2, 0) is 4.79 Å². The van der Waals surface area contributed by atoms with E-state index in [1.165, 1.54) is 12.8 Å². The predicted molar refractivity (Wildman–Crippen MR) is 145 cm³/mol. The largest absolute Gasteiger partial charge is 0.493 e. The number of fused-ring (bicyclic) bond motifs is 1. The van der Waals surface area contributed by atoms with Gasteiger partial charge in [-0.2, -0.15) is 13.2 Å². The van der Waals surface area contributed by atoms with Gasteiger partial charge in [-0.1, -0.05) is 23.7 Å². The molecule has 0 amide bonds. The Kier molecular flexibility index (Phi) is 9.06. The lowest BCUT2D eigenvalue weighted by molar-refractivity contribution is -0.192. The number of benzene rings is 2. The number of nitrogens with zero attached hydrogens (tertiary/aromatic N) is 3. The molecule has 0 atom stereocenters. The molecule has 1 fully saturated rings. The fourth-order valence-electron chi connectivity index (χ4n) is 4.32. The zero-order valence-electron chi connectivity index (χ0n) is 21.5. The molecule has 1 aliphatic rings. The van der Waals surface area contributed by atoms with Gasteiger partial charge in [0.2, 0.25) is 0 Å². The Morgan fingerprint density at radius 1 is 1.00 bits per heavy atom. The van der Waals surface area contributed by atoms with Crippen molar-refractivity contribution >= 4 is 23.1 Å². The number of carbonyl (C=O) groups is 1. The van der Waals surface area contributed by atoms with E-state index in [1.54, 1.807) is 17.9 Å². The lowest BCUT2D eigenvalue weighted by Gasteiger charge is -2.17. The lowest BCUT2D eigenvalue weighted by Crippen LogP contribution is -2.25. The van der Waals surface area contributed by atoms with Crippen LogP contribution in [0, 0.1) is 0 Å². The van der Waals surface area contributed by atoms with Gasteiger partial charge in [0.1, 0.15) is 12.1 Å². The van der Waals surface area contributed by atoms with Crippen molar-refractivity contribution in [3.63, 3.8) is 0 Å². The van der Waals surface area contributed by atoms with E-state index < -0.39 is 12.1 Å². The second-order valence-electron chi connectivity index (χ2n) is 9.04. The fourth-order valence-corrected chi connectivity index (χ4v) is 4.45. The first-order valence-electron chi connectivity index (χ1n) is 12.4. The van der Waals surface area contributed by atoms with Gasteiger partial charge in [-0.25, -0.2) is 4.79 Å². The number of alkyl halides is 3. The monoisotopic (exact) mass is 577 g/mol. The first-order valence-corrected chi connectivity index (χ1v) is 12.8. The zero-order chi connectivity index (χ0) is 28.9. The molecule has 0 spiro atoms. The molecule has 5 rings (SSSR count). The van der Waals surface area contributed by atoms with Crippen molar-refractivity contribution in [2.75, 3.05) is 33.4 Å². The van der Waals surface area contributed by atoms with Crippen LogP contribution < -0.4 is 15.0 Å². The molecule has 0 radical (unpaired) electrons. The summed E-state index contributed by atoms with van der Waals surface area (Å²) < 4.78 is 46.7. The zero-order valence-corrected chi connectivity index (χ0v) is 22.3. The summed E-state index contributed by atoms with van der Waals surface area (Å²) in [5.41, 5.74) is 3.17. The molecule has 0 aliphatic carbocycles. The highest BCUT2D eigenvalue weighted by Gasteiger charge is 2.38. The number of rotatable bonds is 7. The Bertz CT molecular complexity index is 1530. The second-order valence-corrected chi connectivity index (χ2v) is 9.47. The molecule has 0 unspecified atom stereocenters. The number of ether oxygens (including phenoxy) is 2. The number of likely N-dealkylation sites (tertiary alicyclic amines) is 1. The maximum absolute atomic E-state index is 13.3. The third-order valence-corrected chi connectivity index (χ3v) is 6.62. The van der Waals surface area contributed by atoms with E-state index >= 15 is 0 Å². The minimum Gasteiger partial charge on any atom is -0.493 e. The van der Waals surface area contributed by atoms with E-state index in [4.69, 9.17) is 31.0 Å². The summed E-state index contributed by atoms with van der Waals surface area (Å²) in [5.74, 6) is -1.47. The smallest absolute Gasteiger partial charge is 0.490 e. The Balaban J connectivity index is 0.000000470. The number of halogens is 4. The van der Waals surface area contributed by atoms with Crippen LogP contribution >= 0.6 is 11.6 Å². The third-order valence-electron chi connectivity index (χ3n) is 6.37. The molecule has 1 N–H and O–H groups in total. The number of aromatic nitrogens is 2. The first kappa shape index (κ1) is 29.0. The predicted octanol–water partition coefficient (Wildman–Crippen LogP) is 5.53. The van der Waals surface area contributed by atoms with E-state index in [0.717, 1.165) is 36.4 Å². The van der Waals surface area contributed by atoms with Gasteiger partial charge in [0.25, 0.3) is 5.56 Å². The summed E-state index contributed by atoms with van der Waals surface area (Å²) in [5, 5.41) is 7.81. The number of methoxy groups -OCH3 is 1. The van der Waals surface area contributed by atoms with Gasteiger partial charge in [-0.3, -0.25) is 14.3 Å². The molecule has 2 aromatic heterocycles. The van der Waals surface area contributed by atoms with Crippen molar-refractivity contribution in [2.24, 2.45) is 0 Å². The highest BCUT2D eigenvalue weighted by molar-refractivity contribution is 6.30. The van der Waals surface area contributed by atoms with Crippen LogP contribution in [0.25, 0.3) is 22.3 Å². The minimum atomic E-state index is -5.08. The molecule has 8 nitrogen and oxygen atoms in total. The SMILES string of the molecule is COc1cc(-n2ccn3cc(-c4ccc(Cl)cc4)cc3c2=O)ccc1OCCN1CCCC1.O=C(O)C(F)(F)F. The molecule has 212 valence electrons. The number of hydrogen-bond acceptors (Lipinski definition) is 5. The Hall–Kier alpha value is -3.96. The van der Waals surface area contributed by atoms with Gasteiger partial charge in [0, 0.05) is 41.8 Å². The van der Waals surface area contributed by atoms with E-state index in [-0.39, 0.29) is 5.56 Å². The highest BCUT2D eigenvalue weighted by Crippen LogP contribution is 2.30. The Morgan fingerprint density at radius 3 is 2.30 bits per heavy atom. The van der Waals surface area contributed by atoms with E-state index in [0.29, 0.717) is 28.6 Å². The molecule has 1 saturated heterocycles. The molecule has 1 aliphatic heterocycles. The van der Waals surface area contributed by atoms with Crippen LogP contribution in [0.3, 0.4) is 0 Å². The third kappa shape index (κ3) is 6.97. The summed E-state index contributed by atoms with van der Waals surface area (Å²) in [6.07, 6.45) is 3.04. The summed E-state index contributed by atoms with van der Waals surface area (Å²) in [4.78, 5) is 24.6. The maximum atomic E-state index is 13.3. The average Bonchev–Trinajstić information content (AvgIpc) is 3.60. The van der Waals surface area contributed by atoms with Crippen molar-refractivity contribution < 1.29 is 32.5 Å². The molecule has 40 heavy (non-hydrogen) atoms. The molecule has 2 aromatic carbocycles. The quantitative estimate of drug-likeness (QED) is 0.311. The standard InChI is InChI=1S/C26H26ClN3O3.C2HF3O2/c1-32-25-17-22(8-9-24(25)33-15-14-28-10-2-3-11-28)30-13-12-29-18-20(16-23(29)26(30)31)19-4-6-21(27)7-5-19;3-2(4,5)1(6)7/h4-9,12-13,16-18H,2-3,10-11,14-15H2,1H3;(H,6,7). The molecule has 3 heterocycles. The Labute approximate surface area is 232 Å². The molecule has 0 saturated carbocycles. The van der Waals surface area contributed by atoms with E-state index in [2.05, 4.69) is 4.90 Å². The fraction of sp³-hybridized carbons (Fsp3) is 0.286. The average molecular weight is 578 g/mol. The van der Waals surface area contributed by atoms with Crippen molar-refractivity contribution in [1.29, 1.82) is 0 Å². The van der Waals surface area contributed by atoms with Gasteiger partial charge in [0.15, 0.2) is 11.5 Å². The summed E-state index contributed by atoms with van der Waals surface area (Å²) in [6.45, 7) is 3.80. The van der Waals surface area contributed by atoms with Crippen LogP contribution in [0.1, 0.15) is 12.8 Å². The molecule has 12 heteroatoms. The van der Waals surface area contributed by atoms with Crippen LogP contribution in [0.15, 0.2) is 71.9 Å². The summed E-state index contributed by atoms with van der Waals surface area (Å²) in [6, 6.07) is 15.1. The number of hydrogen-bond donors (Lipinski definition) is 1. The van der Waals surface area contributed by atoms with Crippen molar-refractivity contribution in [3.8, 4) is 28.3 Å². The van der Waals surface area contributed by atoms with Gasteiger partial charge >= 0.3 is 12.1 Å². The van der Waals surface area contributed by atoms with Crippen molar-refractivity contribution in [1.82, 2.24) is 13.9 Å². The lowest BCUT2D eigenvalue weighted by atomic mass is 10.1. The van der Waals surface area contributed by atoms with Gasteiger partial charge in [-0.15, -0.1) is 0 Å². The van der Waals surface area contributed by atoms with Crippen LogP contribution in [0.4, 0.5) is 13.2 Å². The van der Waals surface area contributed by atoms with Crippen LogP contribution in [-0.4, -0.2) is 64.5 Å². The normalized spacial score (nSPS) is 13.6. The second kappa shape index (κ2) is 12.5. The summed E-state index contributed by atoms with van der Waals surface area (Å²) in [7, 11) is 1.61. The van der Waals surface area contributed by atoms with Gasteiger partial charge < -0.3 is 19.0 Å². The molecule has 4 aromatic rings. The highest BCUT2D eigenvalue weighted by atomic mass is 35.5.